The fraction of sp³-hybridized carbons (Fsp3) is 0.0800. The van der Waals surface area contributed by atoms with Gasteiger partial charge in [0.15, 0.2) is 0 Å². The quantitative estimate of drug-likeness (QED) is 0.345. The van der Waals surface area contributed by atoms with Gasteiger partial charge in [0, 0.05) is 18.8 Å². The Morgan fingerprint density at radius 3 is 2.63 bits per heavy atom. The number of imidazole rings is 1. The summed E-state index contributed by atoms with van der Waals surface area (Å²) in [5.74, 6) is -0.369. The van der Waals surface area contributed by atoms with Gasteiger partial charge in [-0.2, -0.15) is 0 Å². The molecule has 9 nitrogen and oxygen atoms in total. The van der Waals surface area contributed by atoms with Crippen molar-refractivity contribution in [3.63, 3.8) is 0 Å². The van der Waals surface area contributed by atoms with Crippen molar-refractivity contribution in [1.29, 1.82) is 0 Å². The van der Waals surface area contributed by atoms with Gasteiger partial charge in [0.25, 0.3) is 5.91 Å². The number of carbonyl (C=O) groups is 2. The predicted octanol–water partition coefficient (Wildman–Crippen LogP) is 4.53. The van der Waals surface area contributed by atoms with Crippen LogP contribution in [0.3, 0.4) is 0 Å². The number of rotatable bonds is 5. The number of benzene rings is 2. The van der Waals surface area contributed by atoms with Crippen molar-refractivity contribution in [2.24, 2.45) is 5.73 Å². The minimum atomic E-state index is -1.25. The highest BCUT2D eigenvalue weighted by molar-refractivity contribution is 6.07. The Bertz CT molecular complexity index is 1640. The van der Waals surface area contributed by atoms with E-state index in [1.165, 1.54) is 12.3 Å². The third-order valence-electron chi connectivity index (χ3n) is 5.67. The molecule has 35 heavy (non-hydrogen) atoms. The highest BCUT2D eigenvalue weighted by atomic mass is 19.1. The molecule has 0 fully saturated rings. The van der Waals surface area contributed by atoms with Gasteiger partial charge in [0.1, 0.15) is 23.0 Å². The molecule has 0 bridgehead atoms. The van der Waals surface area contributed by atoms with Gasteiger partial charge in [-0.1, -0.05) is 13.0 Å². The first-order chi connectivity index (χ1) is 16.9. The van der Waals surface area contributed by atoms with Crippen molar-refractivity contribution < 1.29 is 19.1 Å². The molecule has 0 aliphatic rings. The molecular formula is C25H19FN6O3. The monoisotopic (exact) mass is 470 g/mol. The summed E-state index contributed by atoms with van der Waals surface area (Å²) in [7, 11) is 0. The van der Waals surface area contributed by atoms with E-state index in [1.54, 1.807) is 53.2 Å². The van der Waals surface area contributed by atoms with Crippen LogP contribution >= 0.6 is 0 Å². The Labute approximate surface area is 198 Å². The summed E-state index contributed by atoms with van der Waals surface area (Å²) in [6.07, 6.45) is 2.30. The lowest BCUT2D eigenvalue weighted by molar-refractivity contribution is 0.100. The molecule has 0 unspecified atom stereocenters. The van der Waals surface area contributed by atoms with Crippen LogP contribution in [0.25, 0.3) is 38.8 Å². The normalized spacial score (nSPS) is 11.1. The number of nitrogens with zero attached hydrogens (tertiary/aromatic N) is 4. The number of anilines is 1. The number of aromatic nitrogens is 4. The molecular weight excluding hydrogens is 451 g/mol. The summed E-state index contributed by atoms with van der Waals surface area (Å²) in [6, 6.07) is 13.0. The third-order valence-corrected chi connectivity index (χ3v) is 5.67. The summed E-state index contributed by atoms with van der Waals surface area (Å²) < 4.78 is 16.8. The Balaban J connectivity index is 1.84. The van der Waals surface area contributed by atoms with Crippen LogP contribution in [0.4, 0.5) is 15.0 Å². The zero-order chi connectivity index (χ0) is 24.7. The van der Waals surface area contributed by atoms with Gasteiger partial charge in [0.05, 0.1) is 27.7 Å². The molecule has 174 valence electrons. The molecule has 5 rings (SSSR count). The molecule has 0 saturated carbocycles. The Kier molecular flexibility index (Phi) is 5.33. The molecule has 0 atom stereocenters. The fourth-order valence-electron chi connectivity index (χ4n) is 4.21. The van der Waals surface area contributed by atoms with E-state index < -0.39 is 17.8 Å². The molecule has 0 radical (unpaired) electrons. The van der Waals surface area contributed by atoms with Crippen molar-refractivity contribution in [2.75, 3.05) is 5.32 Å². The van der Waals surface area contributed by atoms with Crippen molar-refractivity contribution in [1.82, 2.24) is 19.5 Å². The van der Waals surface area contributed by atoms with Crippen LogP contribution in [0.5, 0.6) is 0 Å². The van der Waals surface area contributed by atoms with Crippen LogP contribution in [-0.2, 0) is 6.42 Å². The van der Waals surface area contributed by atoms with Crippen LogP contribution < -0.4 is 11.1 Å². The maximum atomic E-state index is 15.0. The Hall–Kier alpha value is -4.86. The number of aryl methyl sites for hydroxylation is 1. The van der Waals surface area contributed by atoms with Gasteiger partial charge >= 0.3 is 6.09 Å². The average molecular weight is 470 g/mol. The molecule has 2 aromatic carbocycles. The second-order valence-electron chi connectivity index (χ2n) is 7.80. The fourth-order valence-corrected chi connectivity index (χ4v) is 4.21. The topological polar surface area (TPSA) is 136 Å². The Morgan fingerprint density at radius 1 is 1.09 bits per heavy atom. The molecule has 10 heteroatoms. The Morgan fingerprint density at radius 2 is 1.89 bits per heavy atom. The first kappa shape index (κ1) is 22.0. The van der Waals surface area contributed by atoms with E-state index in [1.807, 2.05) is 6.92 Å². The first-order valence-corrected chi connectivity index (χ1v) is 10.7. The molecule has 0 aliphatic carbocycles. The van der Waals surface area contributed by atoms with Gasteiger partial charge in [-0.15, -0.1) is 0 Å². The van der Waals surface area contributed by atoms with E-state index in [4.69, 9.17) is 10.8 Å². The van der Waals surface area contributed by atoms with Gasteiger partial charge in [-0.05, 0) is 53.6 Å². The number of fused-ring (bicyclic) bond motifs is 2. The number of nitrogens with two attached hydrogens (primary N) is 1. The lowest BCUT2D eigenvalue weighted by atomic mass is 10.0. The highest BCUT2D eigenvalue weighted by Crippen LogP contribution is 2.33. The summed E-state index contributed by atoms with van der Waals surface area (Å²) in [6.45, 7) is 1.91. The number of pyridine rings is 2. The zero-order valence-electron chi connectivity index (χ0n) is 18.5. The molecule has 0 aliphatic heterocycles. The van der Waals surface area contributed by atoms with Gasteiger partial charge in [-0.25, -0.2) is 19.2 Å². The minimum absolute atomic E-state index is 0.126. The molecule has 4 N–H and O–H groups in total. The number of hydrogen-bond donors (Lipinski definition) is 3. The van der Waals surface area contributed by atoms with E-state index in [0.717, 1.165) is 0 Å². The smallest absolute Gasteiger partial charge is 0.410 e. The summed E-state index contributed by atoms with van der Waals surface area (Å²) >= 11 is 0. The van der Waals surface area contributed by atoms with E-state index >= 15 is 0 Å². The standard InChI is InChI=1S/C25H19FN6O3/c1-2-21-31-23-15(24(27)33)10-14(13-6-8-29-20(12-13)30-25(34)35)11-19(23)32(21)18-7-9-28-17-5-3-4-16(26)22(17)18/h3-12H,2H2,1H3,(H2,27,33)(H,29,30)(H,34,35). The zero-order valence-corrected chi connectivity index (χ0v) is 18.5. The summed E-state index contributed by atoms with van der Waals surface area (Å²) in [5.41, 5.74) is 9.04. The van der Waals surface area contributed by atoms with E-state index in [-0.39, 0.29) is 11.4 Å². The number of carboxylic acid groups (broad SMARTS) is 1. The van der Waals surface area contributed by atoms with Gasteiger partial charge < -0.3 is 10.8 Å². The second kappa shape index (κ2) is 8.49. The SMILES string of the molecule is CCc1nc2c(C(N)=O)cc(-c3ccnc(NC(=O)O)c3)cc2n1-c1ccnc2cccc(F)c12. The molecule has 0 spiro atoms. The number of carbonyl (C=O) groups excluding carboxylic acids is 1. The largest absolute Gasteiger partial charge is 0.465 e. The van der Waals surface area contributed by atoms with Crippen molar-refractivity contribution >= 4 is 39.8 Å². The van der Waals surface area contributed by atoms with Crippen molar-refractivity contribution in [3.05, 3.63) is 78.1 Å². The van der Waals surface area contributed by atoms with Gasteiger partial charge in [0.2, 0.25) is 0 Å². The van der Waals surface area contributed by atoms with E-state index in [9.17, 15) is 14.0 Å². The first-order valence-electron chi connectivity index (χ1n) is 10.7. The number of nitrogens with one attached hydrogen (secondary N) is 1. The number of hydrogen-bond acceptors (Lipinski definition) is 5. The van der Waals surface area contributed by atoms with Crippen molar-refractivity contribution in [3.8, 4) is 16.8 Å². The van der Waals surface area contributed by atoms with Crippen LogP contribution in [0.1, 0.15) is 23.1 Å². The molecule has 0 saturated heterocycles. The van der Waals surface area contributed by atoms with Crippen LogP contribution in [0.15, 0.2) is 60.9 Å². The predicted molar refractivity (Wildman–Crippen MR) is 129 cm³/mol. The lowest BCUT2D eigenvalue weighted by Gasteiger charge is -2.13. The summed E-state index contributed by atoms with van der Waals surface area (Å²) in [5, 5.41) is 11.6. The number of amides is 2. The lowest BCUT2D eigenvalue weighted by Crippen LogP contribution is -2.12. The van der Waals surface area contributed by atoms with Crippen molar-refractivity contribution in [2.45, 2.75) is 13.3 Å². The van der Waals surface area contributed by atoms with Gasteiger partial charge in [-0.3, -0.25) is 19.7 Å². The van der Waals surface area contributed by atoms with Crippen LogP contribution in [-0.4, -0.2) is 36.6 Å². The van der Waals surface area contributed by atoms with E-state index in [0.29, 0.717) is 51.0 Å². The van der Waals surface area contributed by atoms with Crippen LogP contribution in [0.2, 0.25) is 0 Å². The maximum absolute atomic E-state index is 15.0. The molecule has 5 aromatic rings. The van der Waals surface area contributed by atoms with Crippen LogP contribution in [0, 0.1) is 5.82 Å². The molecule has 2 amide bonds. The second-order valence-corrected chi connectivity index (χ2v) is 7.80. The molecule has 3 heterocycles. The molecule has 3 aromatic heterocycles. The summed E-state index contributed by atoms with van der Waals surface area (Å²) in [4.78, 5) is 36.4. The maximum Gasteiger partial charge on any atom is 0.410 e. The number of halogens is 1. The third kappa shape index (κ3) is 3.80. The average Bonchev–Trinajstić information content (AvgIpc) is 3.21. The number of primary amides is 1. The minimum Gasteiger partial charge on any atom is -0.465 e. The van der Waals surface area contributed by atoms with E-state index in [2.05, 4.69) is 20.3 Å². The highest BCUT2D eigenvalue weighted by Gasteiger charge is 2.21.